The van der Waals surface area contributed by atoms with E-state index in [1.54, 1.807) is 13.0 Å². The smallest absolute Gasteiger partial charge is 0.302 e. The minimum Gasteiger partial charge on any atom is -0.505 e. The number of hydrogen-bond donors (Lipinski definition) is 2. The first-order chi connectivity index (χ1) is 8.97. The summed E-state index contributed by atoms with van der Waals surface area (Å²) >= 11 is 0. The lowest BCUT2D eigenvalue weighted by Crippen LogP contribution is -2.28. The molecule has 0 unspecified atom stereocenters. The molecule has 0 aliphatic rings. The van der Waals surface area contributed by atoms with Gasteiger partial charge in [-0.15, -0.1) is 0 Å². The molecule has 1 rings (SSSR count). The average molecular weight is 264 g/mol. The van der Waals surface area contributed by atoms with Gasteiger partial charge in [-0.05, 0) is 12.5 Å². The number of carbonyl (C=O) groups is 2. The van der Waals surface area contributed by atoms with Gasteiger partial charge in [0.2, 0.25) is 0 Å². The maximum atomic E-state index is 11.8. The monoisotopic (exact) mass is 264 g/mol. The van der Waals surface area contributed by atoms with E-state index < -0.39 is 11.9 Å². The highest BCUT2D eigenvalue weighted by Gasteiger charge is 2.15. The van der Waals surface area contributed by atoms with Crippen LogP contribution in [0.2, 0.25) is 0 Å². The Morgan fingerprint density at radius 2 is 2.26 bits per heavy atom. The van der Waals surface area contributed by atoms with Crippen molar-refractivity contribution < 1.29 is 19.4 Å². The topological polar surface area (TPSA) is 88.5 Å². The van der Waals surface area contributed by atoms with Gasteiger partial charge in [0.1, 0.15) is 12.4 Å². The Morgan fingerprint density at radius 1 is 1.58 bits per heavy atom. The fourth-order valence-corrected chi connectivity index (χ4v) is 1.42. The van der Waals surface area contributed by atoms with Crippen molar-refractivity contribution in [1.29, 1.82) is 0 Å². The molecule has 19 heavy (non-hydrogen) atoms. The van der Waals surface area contributed by atoms with E-state index in [0.29, 0.717) is 11.1 Å². The lowest BCUT2D eigenvalue weighted by Gasteiger charge is -2.09. The third-order valence-electron chi connectivity index (χ3n) is 2.47. The fourth-order valence-electron chi connectivity index (χ4n) is 1.42. The zero-order chi connectivity index (χ0) is 14.4. The summed E-state index contributed by atoms with van der Waals surface area (Å²) in [6.07, 6.45) is 3.01. The van der Waals surface area contributed by atoms with Gasteiger partial charge >= 0.3 is 5.97 Å². The molecule has 2 N–H and O–H groups in total. The van der Waals surface area contributed by atoms with Crippen LogP contribution in [0.5, 0.6) is 5.75 Å². The van der Waals surface area contributed by atoms with Crippen LogP contribution >= 0.6 is 0 Å². The van der Waals surface area contributed by atoms with Gasteiger partial charge in [0, 0.05) is 18.7 Å². The van der Waals surface area contributed by atoms with E-state index in [1.807, 2.05) is 0 Å². The van der Waals surface area contributed by atoms with E-state index in [0.717, 1.165) is 0 Å². The number of aromatic nitrogens is 1. The maximum Gasteiger partial charge on any atom is 0.302 e. The van der Waals surface area contributed by atoms with Crippen LogP contribution in [0.4, 0.5) is 0 Å². The summed E-state index contributed by atoms with van der Waals surface area (Å²) in [6.45, 7) is 6.77. The van der Waals surface area contributed by atoms with Gasteiger partial charge in [-0.2, -0.15) is 0 Å². The highest BCUT2D eigenvalue weighted by atomic mass is 16.5. The third-order valence-corrected chi connectivity index (χ3v) is 2.47. The van der Waals surface area contributed by atoms with Gasteiger partial charge in [0.05, 0.1) is 6.54 Å². The van der Waals surface area contributed by atoms with Crippen LogP contribution in [0.25, 0.3) is 6.08 Å². The Morgan fingerprint density at radius 3 is 2.84 bits per heavy atom. The van der Waals surface area contributed by atoms with Crippen LogP contribution in [0.3, 0.4) is 0 Å². The third kappa shape index (κ3) is 3.80. The molecule has 0 aromatic carbocycles. The van der Waals surface area contributed by atoms with Crippen molar-refractivity contribution in [2.24, 2.45) is 0 Å². The van der Waals surface area contributed by atoms with Crippen molar-refractivity contribution in [3.05, 3.63) is 29.6 Å². The number of amides is 1. The number of ether oxygens (including phenoxy) is 1. The molecule has 0 aliphatic carbocycles. The molecule has 0 spiro atoms. The number of rotatable bonds is 5. The first kappa shape index (κ1) is 14.7. The number of aromatic hydroxyl groups is 1. The first-order valence-electron chi connectivity index (χ1n) is 5.70. The molecular weight excluding hydrogens is 248 g/mol. The Bertz CT molecular complexity index is 512. The minimum absolute atomic E-state index is 0.0640. The summed E-state index contributed by atoms with van der Waals surface area (Å²) in [6, 6.07) is 0. The largest absolute Gasteiger partial charge is 0.505 e. The molecule has 0 radical (unpaired) electrons. The van der Waals surface area contributed by atoms with Crippen molar-refractivity contribution >= 4 is 18.0 Å². The molecule has 0 saturated carbocycles. The van der Waals surface area contributed by atoms with Crippen molar-refractivity contribution in [1.82, 2.24) is 10.3 Å². The Kier molecular flexibility index (Phi) is 5.05. The van der Waals surface area contributed by atoms with Crippen LogP contribution < -0.4 is 5.32 Å². The molecule has 6 heteroatoms. The highest BCUT2D eigenvalue weighted by molar-refractivity contribution is 5.95. The standard InChI is InChI=1S/C13H16N2O4/c1-4-10-7-15-11(12(17)8(10)2)13(18)14-5-6-19-9(3)16/h4,7,17H,1,5-6H2,2-3H3,(H,14,18). The first-order valence-corrected chi connectivity index (χ1v) is 5.70. The van der Waals surface area contributed by atoms with Gasteiger partial charge in [0.15, 0.2) is 5.69 Å². The fraction of sp³-hybridized carbons (Fsp3) is 0.308. The normalized spacial score (nSPS) is 9.79. The summed E-state index contributed by atoms with van der Waals surface area (Å²) in [5.41, 5.74) is 1.13. The summed E-state index contributed by atoms with van der Waals surface area (Å²) < 4.78 is 4.67. The summed E-state index contributed by atoms with van der Waals surface area (Å²) in [5.74, 6) is -1.12. The number of carbonyl (C=O) groups excluding carboxylic acids is 2. The average Bonchev–Trinajstić information content (AvgIpc) is 2.37. The molecule has 0 bridgehead atoms. The predicted octanol–water partition coefficient (Wildman–Crippen LogP) is 1.03. The number of nitrogens with one attached hydrogen (secondary N) is 1. The molecule has 0 fully saturated rings. The van der Waals surface area contributed by atoms with Gasteiger partial charge in [0.25, 0.3) is 5.91 Å². The second-order valence-corrected chi connectivity index (χ2v) is 3.84. The summed E-state index contributed by atoms with van der Waals surface area (Å²) in [5, 5.41) is 12.4. The summed E-state index contributed by atoms with van der Waals surface area (Å²) in [7, 11) is 0. The Labute approximate surface area is 111 Å². The zero-order valence-electron chi connectivity index (χ0n) is 10.9. The van der Waals surface area contributed by atoms with Crippen LogP contribution in [-0.4, -0.2) is 35.1 Å². The van der Waals surface area contributed by atoms with Crippen LogP contribution in [0.15, 0.2) is 12.8 Å². The predicted molar refractivity (Wildman–Crippen MR) is 69.7 cm³/mol. The van der Waals surface area contributed by atoms with Gasteiger partial charge in [-0.1, -0.05) is 12.7 Å². The molecule has 1 amide bonds. The second kappa shape index (κ2) is 6.53. The number of pyridine rings is 1. The van der Waals surface area contributed by atoms with E-state index in [4.69, 9.17) is 0 Å². The second-order valence-electron chi connectivity index (χ2n) is 3.84. The SMILES string of the molecule is C=Cc1cnc(C(=O)NCCOC(C)=O)c(O)c1C. The quantitative estimate of drug-likeness (QED) is 0.612. The van der Waals surface area contributed by atoms with Crippen LogP contribution in [0.1, 0.15) is 28.5 Å². The van der Waals surface area contributed by atoms with Crippen molar-refractivity contribution in [2.75, 3.05) is 13.2 Å². The van der Waals surface area contributed by atoms with E-state index >= 15 is 0 Å². The maximum absolute atomic E-state index is 11.8. The number of nitrogens with zero attached hydrogens (tertiary/aromatic N) is 1. The molecule has 1 heterocycles. The van der Waals surface area contributed by atoms with E-state index in [1.165, 1.54) is 13.1 Å². The number of esters is 1. The van der Waals surface area contributed by atoms with E-state index in [-0.39, 0.29) is 24.6 Å². The van der Waals surface area contributed by atoms with Crippen molar-refractivity contribution in [3.63, 3.8) is 0 Å². The summed E-state index contributed by atoms with van der Waals surface area (Å²) in [4.78, 5) is 26.2. The van der Waals surface area contributed by atoms with Gasteiger partial charge in [-0.25, -0.2) is 4.98 Å². The van der Waals surface area contributed by atoms with Crippen LogP contribution in [-0.2, 0) is 9.53 Å². The van der Waals surface area contributed by atoms with Crippen molar-refractivity contribution in [2.45, 2.75) is 13.8 Å². The molecule has 1 aromatic heterocycles. The molecular formula is C13H16N2O4. The Hall–Kier alpha value is -2.37. The molecule has 6 nitrogen and oxygen atoms in total. The van der Waals surface area contributed by atoms with Crippen LogP contribution in [0, 0.1) is 6.92 Å². The molecule has 0 saturated heterocycles. The molecule has 0 atom stereocenters. The van der Waals surface area contributed by atoms with Gasteiger partial charge < -0.3 is 15.2 Å². The van der Waals surface area contributed by atoms with E-state index in [9.17, 15) is 14.7 Å². The molecule has 1 aromatic rings. The lowest BCUT2D eigenvalue weighted by atomic mass is 10.1. The van der Waals surface area contributed by atoms with Crippen molar-refractivity contribution in [3.8, 4) is 5.75 Å². The minimum atomic E-state index is -0.525. The Balaban J connectivity index is 2.70. The lowest BCUT2D eigenvalue weighted by molar-refractivity contribution is -0.140. The van der Waals surface area contributed by atoms with E-state index in [2.05, 4.69) is 21.6 Å². The zero-order valence-corrected chi connectivity index (χ0v) is 10.9. The number of hydrogen-bond acceptors (Lipinski definition) is 5. The van der Waals surface area contributed by atoms with Gasteiger partial charge in [-0.3, -0.25) is 9.59 Å². The highest BCUT2D eigenvalue weighted by Crippen LogP contribution is 2.23. The molecule has 102 valence electrons. The molecule has 0 aliphatic heterocycles.